The molecule has 0 aromatic carbocycles. The molecule has 0 amide bonds. The molecule has 14 heavy (non-hydrogen) atoms. The van der Waals surface area contributed by atoms with Crippen molar-refractivity contribution in [3.8, 4) is 0 Å². The van der Waals surface area contributed by atoms with E-state index in [2.05, 4.69) is 0 Å². The van der Waals surface area contributed by atoms with E-state index in [1.807, 2.05) is 0 Å². The quantitative estimate of drug-likeness (QED) is 0.468. The second-order valence-corrected chi connectivity index (χ2v) is 3.26. The van der Waals surface area contributed by atoms with Crippen LogP contribution in [0.1, 0.15) is 26.7 Å². The Morgan fingerprint density at radius 2 is 1.57 bits per heavy atom. The number of carboxylic acids is 1. The van der Waals surface area contributed by atoms with Gasteiger partial charge >= 0.3 is 5.97 Å². The highest BCUT2D eigenvalue weighted by molar-refractivity contribution is 5.73. The third-order valence-corrected chi connectivity index (χ3v) is 1.57. The van der Waals surface area contributed by atoms with Gasteiger partial charge in [-0.25, -0.2) is 0 Å². The van der Waals surface area contributed by atoms with E-state index in [0.29, 0.717) is 0 Å². The van der Waals surface area contributed by atoms with Crippen LogP contribution in [0, 0.1) is 5.92 Å². The Balaban J connectivity index is 0. The summed E-state index contributed by atoms with van der Waals surface area (Å²) < 4.78 is 0. The zero-order valence-electron chi connectivity index (χ0n) is 8.81. The van der Waals surface area contributed by atoms with Gasteiger partial charge in [0.25, 0.3) is 0 Å². The lowest BCUT2D eigenvalue weighted by atomic mass is 10.1. The number of aliphatic hydroxyl groups excluding tert-OH is 2. The van der Waals surface area contributed by atoms with Crippen molar-refractivity contribution in [3.63, 3.8) is 0 Å². The van der Waals surface area contributed by atoms with Gasteiger partial charge in [0.1, 0.15) is 6.04 Å². The average Bonchev–Trinajstić information content (AvgIpc) is 2.14. The smallest absolute Gasteiger partial charge is 0.320 e. The Morgan fingerprint density at radius 3 is 1.64 bits per heavy atom. The monoisotopic (exact) mass is 207 g/mol. The van der Waals surface area contributed by atoms with E-state index in [0.717, 1.165) is 12.8 Å². The minimum atomic E-state index is -0.931. The fraction of sp³-hybridized carbons (Fsp3) is 0.889. The summed E-state index contributed by atoms with van der Waals surface area (Å²) in [4.78, 5) is 10.0. The van der Waals surface area contributed by atoms with Crippen molar-refractivity contribution >= 4 is 5.97 Å². The van der Waals surface area contributed by atoms with Crippen molar-refractivity contribution in [2.24, 2.45) is 11.7 Å². The minimum Gasteiger partial charge on any atom is -0.480 e. The van der Waals surface area contributed by atoms with Gasteiger partial charge in [0.05, 0.1) is 0 Å². The SMILES string of the molecule is CC(C)[C@H](N)C(=O)O.OCCCCO. The molecule has 0 aromatic rings. The van der Waals surface area contributed by atoms with Crippen LogP contribution in [-0.4, -0.2) is 40.5 Å². The van der Waals surface area contributed by atoms with E-state index in [4.69, 9.17) is 21.1 Å². The maximum Gasteiger partial charge on any atom is 0.320 e. The molecule has 5 nitrogen and oxygen atoms in total. The summed E-state index contributed by atoms with van der Waals surface area (Å²) >= 11 is 0. The number of aliphatic hydroxyl groups is 2. The first kappa shape index (κ1) is 15.8. The number of rotatable bonds is 5. The molecule has 5 heteroatoms. The molecule has 0 aliphatic carbocycles. The van der Waals surface area contributed by atoms with Crippen LogP contribution in [0.4, 0.5) is 0 Å². The van der Waals surface area contributed by atoms with Crippen LogP contribution in [0.2, 0.25) is 0 Å². The van der Waals surface area contributed by atoms with Crippen molar-refractivity contribution in [2.75, 3.05) is 13.2 Å². The topological polar surface area (TPSA) is 104 Å². The summed E-state index contributed by atoms with van der Waals surface area (Å²) in [5, 5.41) is 24.4. The van der Waals surface area contributed by atoms with Crippen LogP contribution in [0.25, 0.3) is 0 Å². The van der Waals surface area contributed by atoms with Gasteiger partial charge in [0.2, 0.25) is 0 Å². The number of carbonyl (C=O) groups is 1. The minimum absolute atomic E-state index is 0.0208. The Hall–Kier alpha value is -0.650. The summed E-state index contributed by atoms with van der Waals surface area (Å²) in [6, 6.07) is -0.713. The number of hydrogen-bond acceptors (Lipinski definition) is 4. The highest BCUT2D eigenvalue weighted by atomic mass is 16.4. The Bertz CT molecular complexity index is 135. The van der Waals surface area contributed by atoms with E-state index in [1.165, 1.54) is 0 Å². The van der Waals surface area contributed by atoms with Crippen molar-refractivity contribution in [2.45, 2.75) is 32.7 Å². The number of carboxylic acid groups (broad SMARTS) is 1. The highest BCUT2D eigenvalue weighted by Gasteiger charge is 2.14. The molecule has 5 N–H and O–H groups in total. The maximum atomic E-state index is 10.0. The molecule has 86 valence electrons. The molecule has 0 aliphatic rings. The molecule has 0 heterocycles. The van der Waals surface area contributed by atoms with Crippen LogP contribution in [0.5, 0.6) is 0 Å². The van der Waals surface area contributed by atoms with Gasteiger partial charge in [-0.2, -0.15) is 0 Å². The van der Waals surface area contributed by atoms with Crippen LogP contribution in [0.15, 0.2) is 0 Å². The molecule has 0 aromatic heterocycles. The largest absolute Gasteiger partial charge is 0.480 e. The number of nitrogens with two attached hydrogens (primary N) is 1. The second kappa shape index (κ2) is 10.4. The molecule has 0 saturated carbocycles. The van der Waals surface area contributed by atoms with Crippen molar-refractivity contribution in [1.82, 2.24) is 0 Å². The fourth-order valence-corrected chi connectivity index (χ4v) is 0.509. The lowest BCUT2D eigenvalue weighted by Crippen LogP contribution is -2.34. The van der Waals surface area contributed by atoms with E-state index >= 15 is 0 Å². The predicted molar refractivity (Wildman–Crippen MR) is 53.9 cm³/mol. The predicted octanol–water partition coefficient (Wildman–Crippen LogP) is -0.195. The highest BCUT2D eigenvalue weighted by Crippen LogP contribution is 1.96. The lowest BCUT2D eigenvalue weighted by Gasteiger charge is -2.07. The average molecular weight is 207 g/mol. The first-order valence-corrected chi connectivity index (χ1v) is 4.67. The van der Waals surface area contributed by atoms with Crippen LogP contribution in [0.3, 0.4) is 0 Å². The molecule has 0 bridgehead atoms. The molecule has 0 unspecified atom stereocenters. The van der Waals surface area contributed by atoms with E-state index < -0.39 is 12.0 Å². The zero-order valence-corrected chi connectivity index (χ0v) is 8.81. The zero-order chi connectivity index (χ0) is 11.6. The van der Waals surface area contributed by atoms with Gasteiger partial charge in [-0.15, -0.1) is 0 Å². The Labute approximate surface area is 84.5 Å². The second-order valence-electron chi connectivity index (χ2n) is 3.26. The normalized spacial score (nSPS) is 11.9. The summed E-state index contributed by atoms with van der Waals surface area (Å²) in [6.07, 6.45) is 1.44. The fourth-order valence-electron chi connectivity index (χ4n) is 0.509. The summed E-state index contributed by atoms with van der Waals surface area (Å²) in [5.74, 6) is -0.910. The molecule has 0 radical (unpaired) electrons. The van der Waals surface area contributed by atoms with Crippen LogP contribution < -0.4 is 5.73 Å². The van der Waals surface area contributed by atoms with E-state index in [9.17, 15) is 4.79 Å². The van der Waals surface area contributed by atoms with Crippen LogP contribution >= 0.6 is 0 Å². The lowest BCUT2D eigenvalue weighted by molar-refractivity contribution is -0.139. The first-order chi connectivity index (χ1) is 6.47. The molecule has 0 aliphatic heterocycles. The number of unbranched alkanes of at least 4 members (excludes halogenated alkanes) is 1. The third-order valence-electron chi connectivity index (χ3n) is 1.57. The Morgan fingerprint density at radius 1 is 1.21 bits per heavy atom. The summed E-state index contributed by atoms with van der Waals surface area (Å²) in [5.41, 5.74) is 5.16. The molecule has 0 fully saturated rings. The van der Waals surface area contributed by atoms with Crippen molar-refractivity contribution in [3.05, 3.63) is 0 Å². The standard InChI is InChI=1S/C5H11NO2.C4H10O2/c1-3(2)4(6)5(7)8;5-3-1-2-4-6/h3-4H,6H2,1-2H3,(H,7,8);5-6H,1-4H2/t4-;/m0./s1. The molecule has 0 rings (SSSR count). The number of aliphatic carboxylic acids is 1. The molecule has 0 saturated heterocycles. The number of hydrogen-bond donors (Lipinski definition) is 4. The summed E-state index contributed by atoms with van der Waals surface area (Å²) in [6.45, 7) is 3.94. The van der Waals surface area contributed by atoms with Crippen LogP contribution in [-0.2, 0) is 4.79 Å². The maximum absolute atomic E-state index is 10.0. The van der Waals surface area contributed by atoms with Gasteiger partial charge in [-0.1, -0.05) is 13.8 Å². The summed E-state index contributed by atoms with van der Waals surface area (Å²) in [7, 11) is 0. The van der Waals surface area contributed by atoms with E-state index in [1.54, 1.807) is 13.8 Å². The van der Waals surface area contributed by atoms with Gasteiger partial charge in [-0.3, -0.25) is 4.79 Å². The first-order valence-electron chi connectivity index (χ1n) is 4.67. The third kappa shape index (κ3) is 11.4. The molecular formula is C9H21NO4. The van der Waals surface area contributed by atoms with Crippen molar-refractivity contribution < 1.29 is 20.1 Å². The van der Waals surface area contributed by atoms with Gasteiger partial charge in [0, 0.05) is 13.2 Å². The van der Waals surface area contributed by atoms with Gasteiger partial charge < -0.3 is 21.1 Å². The van der Waals surface area contributed by atoms with Gasteiger partial charge in [-0.05, 0) is 18.8 Å². The molecule has 1 atom stereocenters. The molecule has 0 spiro atoms. The molecular weight excluding hydrogens is 186 g/mol. The Kier molecular flexibility index (Phi) is 11.8. The van der Waals surface area contributed by atoms with Gasteiger partial charge in [0.15, 0.2) is 0 Å². The van der Waals surface area contributed by atoms with Crippen molar-refractivity contribution in [1.29, 1.82) is 0 Å². The van der Waals surface area contributed by atoms with E-state index in [-0.39, 0.29) is 19.1 Å².